The van der Waals surface area contributed by atoms with E-state index in [1.54, 1.807) is 11.3 Å². The van der Waals surface area contributed by atoms with Crippen molar-refractivity contribution in [1.82, 2.24) is 4.98 Å². The summed E-state index contributed by atoms with van der Waals surface area (Å²) in [6.45, 7) is 6.05. The van der Waals surface area contributed by atoms with Crippen LogP contribution in [-0.4, -0.2) is 36.8 Å². The zero-order chi connectivity index (χ0) is 20.9. The molecule has 1 aromatic heterocycles. The van der Waals surface area contributed by atoms with Gasteiger partial charge in [-0.2, -0.15) is 0 Å². The van der Waals surface area contributed by atoms with Crippen molar-refractivity contribution < 1.29 is 14.3 Å². The molecule has 1 amide bonds. The van der Waals surface area contributed by atoms with Crippen molar-refractivity contribution in [2.45, 2.75) is 45.6 Å². The third kappa shape index (κ3) is 4.65. The summed E-state index contributed by atoms with van der Waals surface area (Å²) in [5, 5.41) is 0.761. The van der Waals surface area contributed by atoms with Crippen LogP contribution >= 0.6 is 11.3 Å². The Morgan fingerprint density at radius 2 is 2.07 bits per heavy atom. The minimum Gasteiger partial charge on any atom is -0.494 e. The van der Waals surface area contributed by atoms with Crippen LogP contribution in [0.4, 0.5) is 5.13 Å². The number of hydrogen-bond donors (Lipinski definition) is 0. The molecule has 6 heteroatoms. The normalized spacial score (nSPS) is 16.1. The van der Waals surface area contributed by atoms with Gasteiger partial charge in [0.1, 0.15) is 5.75 Å². The number of carbonyl (C=O) groups excluding carboxylic acids is 1. The fourth-order valence-electron chi connectivity index (χ4n) is 3.81. The van der Waals surface area contributed by atoms with E-state index in [2.05, 4.69) is 25.1 Å². The van der Waals surface area contributed by atoms with Gasteiger partial charge in [-0.05, 0) is 55.5 Å². The molecule has 1 aliphatic heterocycles. The Morgan fingerprint density at radius 1 is 1.23 bits per heavy atom. The molecule has 0 spiro atoms. The number of benzene rings is 2. The van der Waals surface area contributed by atoms with E-state index in [1.807, 2.05) is 36.1 Å². The molecule has 5 nitrogen and oxygen atoms in total. The number of ether oxygens (including phenoxy) is 2. The molecule has 2 heterocycles. The summed E-state index contributed by atoms with van der Waals surface area (Å²) in [5.41, 5.74) is 3.19. The van der Waals surface area contributed by atoms with Crippen LogP contribution < -0.4 is 9.64 Å². The summed E-state index contributed by atoms with van der Waals surface area (Å²) < 4.78 is 12.5. The Balaban J connectivity index is 1.59. The number of hydrogen-bond acceptors (Lipinski definition) is 5. The number of rotatable bonds is 8. The van der Waals surface area contributed by atoms with E-state index in [4.69, 9.17) is 14.5 Å². The number of thiazole rings is 1. The average Bonchev–Trinajstić information content (AvgIpc) is 3.42. The van der Waals surface area contributed by atoms with Crippen LogP contribution in [0.1, 0.15) is 37.8 Å². The van der Waals surface area contributed by atoms with Crippen molar-refractivity contribution in [3.05, 3.63) is 53.6 Å². The third-order valence-electron chi connectivity index (χ3n) is 5.40. The molecule has 1 atom stereocenters. The molecule has 0 unspecified atom stereocenters. The second-order valence-corrected chi connectivity index (χ2v) is 8.52. The molecule has 1 aliphatic rings. The zero-order valence-corrected chi connectivity index (χ0v) is 18.4. The molecular formula is C24H28N2O3S. The summed E-state index contributed by atoms with van der Waals surface area (Å²) in [5.74, 6) is 0.870. The Bertz CT molecular complexity index is 993. The highest BCUT2D eigenvalue weighted by molar-refractivity contribution is 7.22. The Labute approximate surface area is 181 Å². The molecule has 158 valence electrons. The van der Waals surface area contributed by atoms with Gasteiger partial charge in [-0.25, -0.2) is 4.98 Å². The number of para-hydroxylation sites is 1. The van der Waals surface area contributed by atoms with Crippen molar-refractivity contribution in [1.29, 1.82) is 0 Å². The van der Waals surface area contributed by atoms with Gasteiger partial charge in [0.2, 0.25) is 5.91 Å². The lowest BCUT2D eigenvalue weighted by Gasteiger charge is -2.23. The van der Waals surface area contributed by atoms with Gasteiger partial charge in [0.15, 0.2) is 5.13 Å². The highest BCUT2D eigenvalue weighted by Gasteiger charge is 2.26. The molecule has 0 saturated carbocycles. The maximum atomic E-state index is 13.3. The molecule has 30 heavy (non-hydrogen) atoms. The van der Waals surface area contributed by atoms with Crippen molar-refractivity contribution in [3.8, 4) is 5.75 Å². The van der Waals surface area contributed by atoms with Crippen LogP contribution in [0.3, 0.4) is 0 Å². The molecule has 0 bridgehead atoms. The SMILES string of the molecule is CCOc1ccc(CC(=O)N(C[C@H]2CCCO2)c2nc3c(CC)cccc3s2)cc1. The lowest BCUT2D eigenvalue weighted by atomic mass is 10.1. The van der Waals surface area contributed by atoms with Gasteiger partial charge in [-0.1, -0.05) is 42.5 Å². The van der Waals surface area contributed by atoms with E-state index in [-0.39, 0.29) is 12.0 Å². The number of aryl methyl sites for hydroxylation is 1. The number of amides is 1. The van der Waals surface area contributed by atoms with Gasteiger partial charge >= 0.3 is 0 Å². The van der Waals surface area contributed by atoms with Gasteiger partial charge in [-0.3, -0.25) is 9.69 Å². The van der Waals surface area contributed by atoms with Crippen molar-refractivity contribution >= 4 is 32.6 Å². The Kier molecular flexibility index (Phi) is 6.65. The van der Waals surface area contributed by atoms with Crippen LogP contribution in [0.5, 0.6) is 5.75 Å². The highest BCUT2D eigenvalue weighted by Crippen LogP contribution is 2.32. The van der Waals surface area contributed by atoms with Gasteiger partial charge < -0.3 is 9.47 Å². The standard InChI is InChI=1S/C24H28N2O3S/c1-3-18-7-5-9-21-23(18)25-24(30-21)26(16-20-8-6-14-29-20)22(27)15-17-10-12-19(13-11-17)28-4-2/h5,7,9-13,20H,3-4,6,8,14-16H2,1-2H3/t20-/m1/s1. The van der Waals surface area contributed by atoms with Crippen LogP contribution in [0.2, 0.25) is 0 Å². The minimum atomic E-state index is 0.0479. The number of fused-ring (bicyclic) bond motifs is 1. The molecule has 1 fully saturated rings. The second kappa shape index (κ2) is 9.58. The van der Waals surface area contributed by atoms with Crippen molar-refractivity contribution in [2.75, 3.05) is 24.7 Å². The van der Waals surface area contributed by atoms with Gasteiger partial charge in [0.25, 0.3) is 0 Å². The van der Waals surface area contributed by atoms with Gasteiger partial charge in [0, 0.05) is 6.61 Å². The first kappa shape index (κ1) is 20.8. The quantitative estimate of drug-likeness (QED) is 0.510. The number of anilines is 1. The first-order valence-electron chi connectivity index (χ1n) is 10.7. The molecule has 1 saturated heterocycles. The van der Waals surface area contributed by atoms with E-state index in [9.17, 15) is 4.79 Å². The van der Waals surface area contributed by atoms with Crippen molar-refractivity contribution in [2.24, 2.45) is 0 Å². The number of aromatic nitrogens is 1. The fourth-order valence-corrected chi connectivity index (χ4v) is 4.85. The molecular weight excluding hydrogens is 396 g/mol. The zero-order valence-electron chi connectivity index (χ0n) is 17.6. The molecule has 0 radical (unpaired) electrons. The van der Waals surface area contributed by atoms with Crippen LogP contribution in [0.15, 0.2) is 42.5 Å². The maximum Gasteiger partial charge on any atom is 0.233 e. The third-order valence-corrected chi connectivity index (χ3v) is 6.45. The maximum absolute atomic E-state index is 13.3. The average molecular weight is 425 g/mol. The second-order valence-electron chi connectivity index (χ2n) is 7.51. The lowest BCUT2D eigenvalue weighted by Crippen LogP contribution is -2.38. The van der Waals surface area contributed by atoms with Gasteiger partial charge in [0.05, 0.1) is 35.9 Å². The van der Waals surface area contributed by atoms with E-state index in [0.29, 0.717) is 19.6 Å². The number of nitrogens with zero attached hydrogens (tertiary/aromatic N) is 2. The predicted molar refractivity (Wildman–Crippen MR) is 122 cm³/mol. The van der Waals surface area contributed by atoms with Crippen LogP contribution in [0, 0.1) is 0 Å². The first-order chi connectivity index (χ1) is 14.7. The monoisotopic (exact) mass is 424 g/mol. The van der Waals surface area contributed by atoms with E-state index < -0.39 is 0 Å². The molecule has 2 aromatic carbocycles. The summed E-state index contributed by atoms with van der Waals surface area (Å²) in [6.07, 6.45) is 3.36. The Morgan fingerprint density at radius 3 is 2.77 bits per heavy atom. The summed E-state index contributed by atoms with van der Waals surface area (Å²) in [4.78, 5) is 20.1. The Hall–Kier alpha value is -2.44. The van der Waals surface area contributed by atoms with Crippen LogP contribution in [0.25, 0.3) is 10.2 Å². The molecule has 0 N–H and O–H groups in total. The smallest absolute Gasteiger partial charge is 0.233 e. The van der Waals surface area contributed by atoms with Gasteiger partial charge in [-0.15, -0.1) is 0 Å². The largest absolute Gasteiger partial charge is 0.494 e. The molecule has 3 aromatic rings. The minimum absolute atomic E-state index is 0.0479. The van der Waals surface area contributed by atoms with E-state index in [1.165, 1.54) is 5.56 Å². The summed E-state index contributed by atoms with van der Waals surface area (Å²) >= 11 is 1.58. The van der Waals surface area contributed by atoms with Crippen molar-refractivity contribution in [3.63, 3.8) is 0 Å². The fraction of sp³-hybridized carbons (Fsp3) is 0.417. The predicted octanol–water partition coefficient (Wildman–Crippen LogP) is 5.01. The summed E-state index contributed by atoms with van der Waals surface area (Å²) in [6, 6.07) is 14.0. The summed E-state index contributed by atoms with van der Waals surface area (Å²) in [7, 11) is 0. The number of carbonyl (C=O) groups is 1. The van der Waals surface area contributed by atoms with E-state index in [0.717, 1.165) is 52.5 Å². The van der Waals surface area contributed by atoms with E-state index >= 15 is 0 Å². The molecule has 0 aliphatic carbocycles. The molecule has 4 rings (SSSR count). The highest BCUT2D eigenvalue weighted by atomic mass is 32.1. The van der Waals surface area contributed by atoms with Crippen LogP contribution in [-0.2, 0) is 22.4 Å². The first-order valence-corrected chi connectivity index (χ1v) is 11.5. The lowest BCUT2D eigenvalue weighted by molar-refractivity contribution is -0.118. The topological polar surface area (TPSA) is 51.7 Å².